The summed E-state index contributed by atoms with van der Waals surface area (Å²) in [6.45, 7) is 5.04. The number of fused-ring (bicyclic) bond motifs is 1. The van der Waals surface area contributed by atoms with E-state index in [1.807, 2.05) is 18.2 Å². The van der Waals surface area contributed by atoms with Crippen LogP contribution in [0, 0.1) is 0 Å². The first kappa shape index (κ1) is 21.8. The van der Waals surface area contributed by atoms with Crippen molar-refractivity contribution in [2.24, 2.45) is 5.73 Å². The minimum atomic E-state index is -0.753. The van der Waals surface area contributed by atoms with Crippen LogP contribution in [0.3, 0.4) is 0 Å². The number of primary amides is 1. The van der Waals surface area contributed by atoms with Crippen LogP contribution in [0.2, 0.25) is 5.02 Å². The lowest BCUT2D eigenvalue weighted by atomic mass is 9.98. The lowest BCUT2D eigenvalue weighted by Crippen LogP contribution is -2.30. The molecule has 1 aliphatic rings. The fourth-order valence-corrected chi connectivity index (χ4v) is 3.81. The normalized spacial score (nSPS) is 13.3. The van der Waals surface area contributed by atoms with Gasteiger partial charge in [0.05, 0.1) is 23.5 Å². The van der Waals surface area contributed by atoms with Crippen molar-refractivity contribution in [1.29, 1.82) is 0 Å². The molecule has 0 aliphatic carbocycles. The van der Waals surface area contributed by atoms with Gasteiger partial charge in [0.2, 0.25) is 5.95 Å². The molecule has 166 valence electrons. The minimum absolute atomic E-state index is 0.0912. The number of nitrogens with one attached hydrogen (secondary N) is 2. The van der Waals surface area contributed by atoms with Crippen molar-refractivity contribution in [3.05, 3.63) is 58.2 Å². The van der Waals surface area contributed by atoms with Gasteiger partial charge < -0.3 is 21.1 Å². The summed E-state index contributed by atoms with van der Waals surface area (Å²) in [5.41, 5.74) is 9.13. The van der Waals surface area contributed by atoms with Crippen LogP contribution in [-0.4, -0.2) is 46.2 Å². The van der Waals surface area contributed by atoms with Crippen LogP contribution in [0.1, 0.15) is 28.5 Å². The van der Waals surface area contributed by atoms with Crippen LogP contribution in [0.5, 0.6) is 5.75 Å². The molecular weight excluding hydrogens is 430 g/mol. The van der Waals surface area contributed by atoms with E-state index in [9.17, 15) is 4.79 Å². The second-order valence-corrected chi connectivity index (χ2v) is 7.77. The van der Waals surface area contributed by atoms with E-state index < -0.39 is 5.91 Å². The Labute approximate surface area is 190 Å². The first-order valence-electron chi connectivity index (χ1n) is 10.2. The molecule has 0 fully saturated rings. The number of amides is 1. The number of para-hydroxylation sites is 1. The molecule has 32 heavy (non-hydrogen) atoms. The number of hydrogen-bond donors (Lipinski definition) is 3. The molecule has 10 heteroatoms. The largest absolute Gasteiger partial charge is 0.495 e. The molecule has 0 bridgehead atoms. The number of carbonyl (C=O) groups is 1. The van der Waals surface area contributed by atoms with E-state index in [0.29, 0.717) is 22.1 Å². The first-order valence-corrected chi connectivity index (χ1v) is 10.6. The van der Waals surface area contributed by atoms with Gasteiger partial charge in [0, 0.05) is 13.1 Å². The molecule has 3 aromatic rings. The van der Waals surface area contributed by atoms with Crippen LogP contribution >= 0.6 is 11.6 Å². The van der Waals surface area contributed by atoms with Gasteiger partial charge in [-0.1, -0.05) is 30.7 Å². The molecule has 0 spiro atoms. The van der Waals surface area contributed by atoms with Crippen molar-refractivity contribution in [3.8, 4) is 5.75 Å². The molecule has 0 saturated heterocycles. The van der Waals surface area contributed by atoms with Crippen LogP contribution in [0.4, 0.5) is 23.1 Å². The van der Waals surface area contributed by atoms with Gasteiger partial charge in [-0.3, -0.25) is 9.69 Å². The third-order valence-corrected chi connectivity index (χ3v) is 5.68. The highest BCUT2D eigenvalue weighted by atomic mass is 35.5. The zero-order valence-electron chi connectivity index (χ0n) is 17.9. The Hall–Kier alpha value is -3.43. The number of aromatic nitrogens is 3. The van der Waals surface area contributed by atoms with Crippen molar-refractivity contribution in [2.75, 3.05) is 30.8 Å². The Morgan fingerprint density at radius 1 is 1.19 bits per heavy atom. The molecule has 4 rings (SSSR count). The Bertz CT molecular complexity index is 1160. The van der Waals surface area contributed by atoms with Gasteiger partial charge in [-0.2, -0.15) is 4.98 Å². The second kappa shape index (κ2) is 9.37. The number of anilines is 4. The quantitative estimate of drug-likeness (QED) is 0.497. The summed E-state index contributed by atoms with van der Waals surface area (Å²) < 4.78 is 5.58. The number of nitrogens with zero attached hydrogens (tertiary/aromatic N) is 4. The molecule has 2 aromatic carbocycles. The zero-order chi connectivity index (χ0) is 22.7. The minimum Gasteiger partial charge on any atom is -0.495 e. The monoisotopic (exact) mass is 453 g/mol. The highest BCUT2D eigenvalue weighted by Crippen LogP contribution is 2.33. The van der Waals surface area contributed by atoms with Gasteiger partial charge >= 0.3 is 0 Å². The van der Waals surface area contributed by atoms with E-state index in [1.165, 1.54) is 11.1 Å². The van der Waals surface area contributed by atoms with Crippen LogP contribution in [0.15, 0.2) is 36.4 Å². The number of hydrogen-bond acceptors (Lipinski definition) is 8. The molecule has 1 aliphatic heterocycles. The van der Waals surface area contributed by atoms with E-state index in [1.54, 1.807) is 25.3 Å². The summed E-state index contributed by atoms with van der Waals surface area (Å²) >= 11 is 6.23. The molecule has 1 amide bonds. The first-order chi connectivity index (χ1) is 15.5. The Balaban J connectivity index is 1.67. The number of carbonyl (C=O) groups excluding carboxylic acids is 1. The molecule has 0 unspecified atom stereocenters. The van der Waals surface area contributed by atoms with E-state index in [2.05, 4.69) is 37.6 Å². The van der Waals surface area contributed by atoms with Gasteiger partial charge in [-0.15, -0.1) is 10.2 Å². The van der Waals surface area contributed by atoms with Crippen molar-refractivity contribution in [3.63, 3.8) is 0 Å². The average Bonchev–Trinajstić information content (AvgIpc) is 2.79. The molecular formula is C22H24ClN7O2. The third-order valence-electron chi connectivity index (χ3n) is 5.35. The number of ether oxygens (including phenoxy) is 1. The number of benzene rings is 2. The Morgan fingerprint density at radius 3 is 2.72 bits per heavy atom. The fraction of sp³-hybridized carbons (Fsp3) is 0.273. The van der Waals surface area contributed by atoms with Crippen molar-refractivity contribution >= 4 is 40.6 Å². The summed E-state index contributed by atoms with van der Waals surface area (Å²) in [6.07, 6.45) is 0.969. The lowest BCUT2D eigenvalue weighted by Gasteiger charge is -2.28. The molecule has 0 radical (unpaired) electrons. The number of likely N-dealkylation sites (N-methyl/N-ethyl adjacent to an activating group) is 1. The van der Waals surface area contributed by atoms with Crippen LogP contribution < -0.4 is 21.1 Å². The molecule has 9 nitrogen and oxygen atoms in total. The molecule has 2 heterocycles. The van der Waals surface area contributed by atoms with E-state index in [-0.39, 0.29) is 17.5 Å². The van der Waals surface area contributed by atoms with Crippen molar-refractivity contribution in [1.82, 2.24) is 20.1 Å². The summed E-state index contributed by atoms with van der Waals surface area (Å²) in [5, 5.41) is 14.6. The zero-order valence-corrected chi connectivity index (χ0v) is 18.6. The smallest absolute Gasteiger partial charge is 0.273 e. The van der Waals surface area contributed by atoms with Gasteiger partial charge in [0.15, 0.2) is 11.5 Å². The third kappa shape index (κ3) is 4.58. The molecule has 4 N–H and O–H groups in total. The maximum atomic E-state index is 11.8. The molecule has 0 atom stereocenters. The summed E-state index contributed by atoms with van der Waals surface area (Å²) in [4.78, 5) is 18.7. The van der Waals surface area contributed by atoms with Crippen molar-refractivity contribution < 1.29 is 9.53 Å². The standard InChI is InChI=1S/C22H24ClN7O2/c1-3-30-9-8-13-11-18(32-2)17(10-14(13)12-30)26-22-27-21(19(20(24)31)28-29-22)25-16-7-5-4-6-15(16)23/h4-7,10-11H,3,8-9,12H2,1-2H3,(H2,24,31)(H2,25,26,27,29). The number of halogens is 1. The molecule has 1 aromatic heterocycles. The van der Waals surface area contributed by atoms with E-state index in [0.717, 1.165) is 26.1 Å². The highest BCUT2D eigenvalue weighted by Gasteiger charge is 2.20. The number of rotatable bonds is 7. The lowest BCUT2D eigenvalue weighted by molar-refractivity contribution is 0.0995. The summed E-state index contributed by atoms with van der Waals surface area (Å²) in [7, 11) is 1.62. The van der Waals surface area contributed by atoms with E-state index in [4.69, 9.17) is 22.1 Å². The van der Waals surface area contributed by atoms with Crippen LogP contribution in [0.25, 0.3) is 0 Å². The maximum Gasteiger partial charge on any atom is 0.273 e. The van der Waals surface area contributed by atoms with Gasteiger partial charge in [-0.25, -0.2) is 0 Å². The van der Waals surface area contributed by atoms with Crippen molar-refractivity contribution in [2.45, 2.75) is 19.9 Å². The number of methoxy groups -OCH3 is 1. The van der Waals surface area contributed by atoms with Crippen LogP contribution in [-0.2, 0) is 13.0 Å². The number of nitrogens with two attached hydrogens (primary N) is 1. The Kier molecular flexibility index (Phi) is 6.38. The predicted molar refractivity (Wildman–Crippen MR) is 124 cm³/mol. The van der Waals surface area contributed by atoms with Gasteiger partial charge in [0.25, 0.3) is 5.91 Å². The predicted octanol–water partition coefficient (Wildman–Crippen LogP) is 3.50. The Morgan fingerprint density at radius 2 is 2.00 bits per heavy atom. The second-order valence-electron chi connectivity index (χ2n) is 7.37. The highest BCUT2D eigenvalue weighted by molar-refractivity contribution is 6.33. The van der Waals surface area contributed by atoms with Gasteiger partial charge in [0.1, 0.15) is 5.75 Å². The topological polar surface area (TPSA) is 118 Å². The summed E-state index contributed by atoms with van der Waals surface area (Å²) in [5.74, 6) is 0.261. The maximum absolute atomic E-state index is 11.8. The SMILES string of the molecule is CCN1CCc2cc(OC)c(Nc3nnc(C(N)=O)c(Nc4ccccc4Cl)n3)cc2C1. The van der Waals surface area contributed by atoms with E-state index >= 15 is 0 Å². The van der Waals surface area contributed by atoms with Gasteiger partial charge in [-0.05, 0) is 48.4 Å². The molecule has 0 saturated carbocycles. The summed E-state index contributed by atoms with van der Waals surface area (Å²) in [6, 6.07) is 11.2. The average molecular weight is 454 g/mol. The fourth-order valence-electron chi connectivity index (χ4n) is 3.62.